The second kappa shape index (κ2) is 10.4. The second-order valence-electron chi connectivity index (χ2n) is 9.18. The van der Waals surface area contributed by atoms with Crippen LogP contribution in [0.5, 0.6) is 5.75 Å². The molecule has 0 saturated carbocycles. The van der Waals surface area contributed by atoms with E-state index in [0.29, 0.717) is 19.5 Å². The first-order chi connectivity index (χ1) is 17.6. The number of amides is 1. The summed E-state index contributed by atoms with van der Waals surface area (Å²) in [6, 6.07) is 23.8. The number of para-hydroxylation sites is 3. The van der Waals surface area contributed by atoms with Crippen molar-refractivity contribution < 1.29 is 14.6 Å². The van der Waals surface area contributed by atoms with Gasteiger partial charge in [-0.1, -0.05) is 48.5 Å². The molecule has 1 aliphatic heterocycles. The number of rotatable bonds is 6. The molecule has 6 heteroatoms. The van der Waals surface area contributed by atoms with Crippen molar-refractivity contribution in [3.8, 4) is 5.75 Å². The predicted molar refractivity (Wildman–Crippen MR) is 143 cm³/mol. The molecule has 0 unspecified atom stereocenters. The van der Waals surface area contributed by atoms with Gasteiger partial charge in [-0.05, 0) is 47.9 Å². The molecule has 4 aromatic rings. The minimum absolute atomic E-state index is 0.0286. The standard InChI is InChI=1S/C30H31N3O3/c1-21-18-24(20-34)25-11-7-9-23(29(25)31-21)19-22-8-3-4-10-26(22)30(35)33-16-14-32(15-17-33)27-12-5-6-13-28(27)36-2/h3-13,18,34H,14-17,19-20H2,1-2H3. The number of methoxy groups -OCH3 is 1. The lowest BCUT2D eigenvalue weighted by molar-refractivity contribution is 0.0745. The molecular formula is C30H31N3O3. The van der Waals surface area contributed by atoms with Crippen LogP contribution in [0.1, 0.15) is 32.7 Å². The summed E-state index contributed by atoms with van der Waals surface area (Å²) in [5, 5.41) is 10.8. The summed E-state index contributed by atoms with van der Waals surface area (Å²) in [6.07, 6.45) is 0.599. The van der Waals surface area contributed by atoms with Gasteiger partial charge in [-0.15, -0.1) is 0 Å². The minimum Gasteiger partial charge on any atom is -0.495 e. The Morgan fingerprint density at radius 2 is 1.64 bits per heavy atom. The van der Waals surface area contributed by atoms with Gasteiger partial charge in [-0.25, -0.2) is 0 Å². The number of hydrogen-bond donors (Lipinski definition) is 1. The molecule has 1 aliphatic rings. The van der Waals surface area contributed by atoms with Crippen LogP contribution in [0.15, 0.2) is 72.8 Å². The van der Waals surface area contributed by atoms with Gasteiger partial charge in [0.25, 0.3) is 5.91 Å². The molecule has 1 amide bonds. The van der Waals surface area contributed by atoms with Gasteiger partial charge in [0.1, 0.15) is 5.75 Å². The highest BCUT2D eigenvalue weighted by molar-refractivity contribution is 5.96. The molecule has 1 fully saturated rings. The maximum Gasteiger partial charge on any atom is 0.254 e. The number of pyridine rings is 1. The number of aliphatic hydroxyl groups is 1. The lowest BCUT2D eigenvalue weighted by Gasteiger charge is -2.37. The summed E-state index contributed by atoms with van der Waals surface area (Å²) in [5.41, 5.74) is 6.45. The molecule has 36 heavy (non-hydrogen) atoms. The summed E-state index contributed by atoms with van der Waals surface area (Å²) < 4.78 is 5.53. The molecule has 1 saturated heterocycles. The summed E-state index contributed by atoms with van der Waals surface area (Å²) in [7, 11) is 1.69. The number of nitrogens with zero attached hydrogens (tertiary/aromatic N) is 3. The SMILES string of the molecule is COc1ccccc1N1CCN(C(=O)c2ccccc2Cc2cccc3c(CO)cc(C)nc23)CC1. The normalized spacial score (nSPS) is 13.8. The number of ether oxygens (including phenoxy) is 1. The topological polar surface area (TPSA) is 65.9 Å². The van der Waals surface area contributed by atoms with E-state index in [2.05, 4.69) is 17.0 Å². The van der Waals surface area contributed by atoms with Gasteiger partial charge in [0, 0.05) is 49.2 Å². The number of aryl methyl sites for hydroxylation is 1. The molecule has 2 heterocycles. The summed E-state index contributed by atoms with van der Waals surface area (Å²) >= 11 is 0. The zero-order valence-electron chi connectivity index (χ0n) is 20.8. The minimum atomic E-state index is -0.0286. The highest BCUT2D eigenvalue weighted by atomic mass is 16.5. The highest BCUT2D eigenvalue weighted by Gasteiger charge is 2.25. The number of benzene rings is 3. The van der Waals surface area contributed by atoms with Crippen molar-refractivity contribution in [3.63, 3.8) is 0 Å². The van der Waals surface area contributed by atoms with E-state index in [4.69, 9.17) is 9.72 Å². The van der Waals surface area contributed by atoms with Crippen molar-refractivity contribution in [1.82, 2.24) is 9.88 Å². The molecule has 0 atom stereocenters. The first-order valence-corrected chi connectivity index (χ1v) is 12.3. The zero-order chi connectivity index (χ0) is 25.1. The van der Waals surface area contributed by atoms with E-state index in [1.54, 1.807) is 7.11 Å². The van der Waals surface area contributed by atoms with Crippen molar-refractivity contribution in [1.29, 1.82) is 0 Å². The van der Waals surface area contributed by atoms with Crippen LogP contribution in [0.25, 0.3) is 10.9 Å². The van der Waals surface area contributed by atoms with E-state index in [-0.39, 0.29) is 12.5 Å². The third kappa shape index (κ3) is 4.64. The van der Waals surface area contributed by atoms with Crippen molar-refractivity contribution >= 4 is 22.5 Å². The molecule has 5 rings (SSSR count). The number of hydrogen-bond acceptors (Lipinski definition) is 5. The molecule has 3 aromatic carbocycles. The molecule has 6 nitrogen and oxygen atoms in total. The number of aromatic nitrogens is 1. The monoisotopic (exact) mass is 481 g/mol. The number of aliphatic hydroxyl groups excluding tert-OH is 1. The van der Waals surface area contributed by atoms with Crippen molar-refractivity contribution in [3.05, 3.63) is 101 Å². The molecular weight excluding hydrogens is 450 g/mol. The van der Waals surface area contributed by atoms with E-state index in [0.717, 1.165) is 63.4 Å². The molecule has 184 valence electrons. The number of fused-ring (bicyclic) bond motifs is 1. The van der Waals surface area contributed by atoms with Gasteiger partial charge in [0.15, 0.2) is 0 Å². The number of carbonyl (C=O) groups is 1. The van der Waals surface area contributed by atoms with Crippen LogP contribution in [0.4, 0.5) is 5.69 Å². The van der Waals surface area contributed by atoms with E-state index >= 15 is 0 Å². The van der Waals surface area contributed by atoms with E-state index in [1.807, 2.05) is 72.5 Å². The van der Waals surface area contributed by atoms with Crippen LogP contribution < -0.4 is 9.64 Å². The van der Waals surface area contributed by atoms with Gasteiger partial charge in [-0.2, -0.15) is 0 Å². The van der Waals surface area contributed by atoms with Crippen LogP contribution in [0.2, 0.25) is 0 Å². The number of anilines is 1. The fourth-order valence-corrected chi connectivity index (χ4v) is 5.09. The lowest BCUT2D eigenvalue weighted by atomic mass is 9.96. The lowest BCUT2D eigenvalue weighted by Crippen LogP contribution is -2.49. The highest BCUT2D eigenvalue weighted by Crippen LogP contribution is 2.29. The molecule has 1 N–H and O–H groups in total. The van der Waals surface area contributed by atoms with Gasteiger partial charge >= 0.3 is 0 Å². The first kappa shape index (κ1) is 23.8. The molecule has 0 aliphatic carbocycles. The fraction of sp³-hybridized carbons (Fsp3) is 0.267. The fourth-order valence-electron chi connectivity index (χ4n) is 5.09. The van der Waals surface area contributed by atoms with E-state index < -0.39 is 0 Å². The Labute approximate surface area is 211 Å². The van der Waals surface area contributed by atoms with Gasteiger partial charge in [0.2, 0.25) is 0 Å². The Morgan fingerprint density at radius 3 is 2.42 bits per heavy atom. The largest absolute Gasteiger partial charge is 0.495 e. The predicted octanol–water partition coefficient (Wildman–Crippen LogP) is 4.60. The van der Waals surface area contributed by atoms with Crippen LogP contribution in [-0.4, -0.2) is 54.2 Å². The number of piperazine rings is 1. The summed E-state index contributed by atoms with van der Waals surface area (Å²) in [4.78, 5) is 22.6. The number of carbonyl (C=O) groups excluding carboxylic acids is 1. The van der Waals surface area contributed by atoms with Crippen LogP contribution in [-0.2, 0) is 13.0 Å². The summed E-state index contributed by atoms with van der Waals surface area (Å²) in [6.45, 7) is 4.73. The molecule has 1 aromatic heterocycles. The second-order valence-corrected chi connectivity index (χ2v) is 9.18. The van der Waals surface area contributed by atoms with Gasteiger partial charge in [-0.3, -0.25) is 9.78 Å². The Balaban J connectivity index is 1.37. The quantitative estimate of drug-likeness (QED) is 0.436. The third-order valence-electron chi connectivity index (χ3n) is 6.93. The Bertz CT molecular complexity index is 1390. The van der Waals surface area contributed by atoms with Gasteiger partial charge < -0.3 is 19.6 Å². The Morgan fingerprint density at radius 1 is 0.917 bits per heavy atom. The van der Waals surface area contributed by atoms with Crippen LogP contribution >= 0.6 is 0 Å². The average Bonchev–Trinajstić information content (AvgIpc) is 2.93. The average molecular weight is 482 g/mol. The van der Waals surface area contributed by atoms with Crippen molar-refractivity contribution in [2.45, 2.75) is 20.0 Å². The van der Waals surface area contributed by atoms with Crippen LogP contribution in [0.3, 0.4) is 0 Å². The third-order valence-corrected chi connectivity index (χ3v) is 6.93. The Hall–Kier alpha value is -3.90. The van der Waals surface area contributed by atoms with Crippen molar-refractivity contribution in [2.75, 3.05) is 38.2 Å². The first-order valence-electron chi connectivity index (χ1n) is 12.3. The van der Waals surface area contributed by atoms with Crippen molar-refractivity contribution in [2.24, 2.45) is 0 Å². The molecule has 0 bridgehead atoms. The Kier molecular flexibility index (Phi) is 6.87. The molecule has 0 spiro atoms. The maximum absolute atomic E-state index is 13.6. The van der Waals surface area contributed by atoms with Crippen LogP contribution in [0, 0.1) is 6.92 Å². The maximum atomic E-state index is 13.6. The van der Waals surface area contributed by atoms with Gasteiger partial charge in [0.05, 0.1) is 24.9 Å². The zero-order valence-corrected chi connectivity index (χ0v) is 20.8. The van der Waals surface area contributed by atoms with E-state index in [9.17, 15) is 9.90 Å². The van der Waals surface area contributed by atoms with E-state index in [1.165, 1.54) is 0 Å². The summed E-state index contributed by atoms with van der Waals surface area (Å²) in [5.74, 6) is 0.914. The molecule has 0 radical (unpaired) electrons. The smallest absolute Gasteiger partial charge is 0.254 e.